The van der Waals surface area contributed by atoms with Crippen LogP contribution in [0, 0.1) is 6.92 Å². The maximum atomic E-state index is 12.3. The molecule has 1 aromatic carbocycles. The molecular weight excluding hydrogens is 298 g/mol. The van der Waals surface area contributed by atoms with Gasteiger partial charge in [0.05, 0.1) is 34.0 Å². The van der Waals surface area contributed by atoms with Gasteiger partial charge >= 0.3 is 0 Å². The normalized spacial score (nSPS) is 22.0. The number of hydrogen-bond acceptors (Lipinski definition) is 5. The first-order valence-electron chi connectivity index (χ1n) is 7.55. The molecule has 1 N–H and O–H groups in total. The van der Waals surface area contributed by atoms with Crippen LogP contribution in [-0.4, -0.2) is 47.6 Å². The fourth-order valence-electron chi connectivity index (χ4n) is 2.82. The van der Waals surface area contributed by atoms with Crippen molar-refractivity contribution in [1.29, 1.82) is 0 Å². The van der Waals surface area contributed by atoms with Crippen LogP contribution in [0.1, 0.15) is 18.9 Å². The highest BCUT2D eigenvalue weighted by atomic mass is 32.1. The molecule has 0 saturated carbocycles. The number of thiazole rings is 1. The molecule has 0 radical (unpaired) electrons. The van der Waals surface area contributed by atoms with E-state index in [9.17, 15) is 4.79 Å². The van der Waals surface area contributed by atoms with Crippen LogP contribution in [0.25, 0.3) is 10.2 Å². The third kappa shape index (κ3) is 3.39. The van der Waals surface area contributed by atoms with Gasteiger partial charge in [-0.3, -0.25) is 4.79 Å². The monoisotopic (exact) mass is 319 g/mol. The van der Waals surface area contributed by atoms with E-state index in [0.717, 1.165) is 20.9 Å². The lowest BCUT2D eigenvalue weighted by molar-refractivity contribution is -0.141. The predicted octanol–water partition coefficient (Wildman–Crippen LogP) is 2.65. The molecule has 118 valence electrons. The van der Waals surface area contributed by atoms with Crippen molar-refractivity contribution in [3.05, 3.63) is 23.2 Å². The van der Waals surface area contributed by atoms with Crippen LogP contribution in [0.5, 0.6) is 0 Å². The van der Waals surface area contributed by atoms with E-state index in [2.05, 4.69) is 16.4 Å². The number of carbonyl (C=O) groups is 1. The lowest BCUT2D eigenvalue weighted by Crippen LogP contribution is -2.49. The molecule has 0 aliphatic carbocycles. The van der Waals surface area contributed by atoms with Crippen molar-refractivity contribution in [1.82, 2.24) is 9.88 Å². The molecule has 1 aliphatic heterocycles. The first-order chi connectivity index (χ1) is 10.5. The number of rotatable bonds is 3. The van der Waals surface area contributed by atoms with Crippen LogP contribution >= 0.6 is 11.3 Å². The number of aryl methyl sites for hydroxylation is 1. The minimum Gasteiger partial charge on any atom is -0.376 e. The van der Waals surface area contributed by atoms with Crippen molar-refractivity contribution in [3.63, 3.8) is 0 Å². The molecule has 2 unspecified atom stereocenters. The van der Waals surface area contributed by atoms with Crippen LogP contribution in [0.2, 0.25) is 0 Å². The molecule has 1 aromatic heterocycles. The molecule has 1 aliphatic rings. The van der Waals surface area contributed by atoms with Gasteiger partial charge in [0.15, 0.2) is 0 Å². The fraction of sp³-hybridized carbons (Fsp3) is 0.500. The molecule has 0 spiro atoms. The highest BCUT2D eigenvalue weighted by molar-refractivity contribution is 7.18. The summed E-state index contributed by atoms with van der Waals surface area (Å²) in [5, 5.41) is 4.27. The summed E-state index contributed by atoms with van der Waals surface area (Å²) in [5.41, 5.74) is 1.97. The zero-order valence-electron chi connectivity index (χ0n) is 13.1. The first-order valence-corrected chi connectivity index (χ1v) is 8.37. The number of aromatic nitrogens is 1. The molecule has 1 saturated heterocycles. The molecule has 5 nitrogen and oxygen atoms in total. The Morgan fingerprint density at radius 2 is 2.14 bits per heavy atom. The number of nitrogens with one attached hydrogen (secondary N) is 1. The van der Waals surface area contributed by atoms with Crippen LogP contribution in [0.15, 0.2) is 18.2 Å². The van der Waals surface area contributed by atoms with Gasteiger partial charge in [0.25, 0.3) is 0 Å². The lowest BCUT2D eigenvalue weighted by Gasteiger charge is -2.35. The Balaban J connectivity index is 1.61. The zero-order valence-corrected chi connectivity index (χ0v) is 13.9. The van der Waals surface area contributed by atoms with Gasteiger partial charge in [0.1, 0.15) is 0 Å². The molecule has 6 heteroatoms. The predicted molar refractivity (Wildman–Crippen MR) is 89.4 cm³/mol. The molecule has 0 bridgehead atoms. The number of fused-ring (bicyclic) bond motifs is 1. The summed E-state index contributed by atoms with van der Waals surface area (Å²) in [5.74, 6) is 0.114. The molecule has 1 fully saturated rings. The average Bonchev–Trinajstić information content (AvgIpc) is 2.82. The lowest BCUT2D eigenvalue weighted by atomic mass is 10.2. The number of amides is 1. The Morgan fingerprint density at radius 3 is 2.86 bits per heavy atom. The fourth-order valence-corrected chi connectivity index (χ4v) is 3.69. The van der Waals surface area contributed by atoms with E-state index in [4.69, 9.17) is 4.74 Å². The highest BCUT2D eigenvalue weighted by Crippen LogP contribution is 2.24. The second kappa shape index (κ2) is 6.22. The zero-order chi connectivity index (χ0) is 15.7. The Hall–Kier alpha value is -1.66. The summed E-state index contributed by atoms with van der Waals surface area (Å²) in [6.45, 7) is 7.65. The van der Waals surface area contributed by atoms with Gasteiger partial charge in [0, 0.05) is 18.8 Å². The molecule has 2 atom stereocenters. The number of carbonyl (C=O) groups excluding carboxylic acids is 1. The second-order valence-corrected chi connectivity index (χ2v) is 7.06. The first kappa shape index (κ1) is 15.2. The number of nitrogens with zero attached hydrogens (tertiary/aromatic N) is 2. The van der Waals surface area contributed by atoms with Crippen molar-refractivity contribution in [2.24, 2.45) is 0 Å². The van der Waals surface area contributed by atoms with Gasteiger partial charge in [-0.05, 0) is 39.0 Å². The second-order valence-electron chi connectivity index (χ2n) is 5.82. The standard InChI is InChI=1S/C16H21N3O2S/c1-10-8-19(9-11(2)21-10)16(20)7-17-13-4-5-14-15(6-13)22-12(3)18-14/h4-6,10-11,17H,7-9H2,1-3H3. The molecule has 22 heavy (non-hydrogen) atoms. The summed E-state index contributed by atoms with van der Waals surface area (Å²) >= 11 is 1.67. The Labute approximate surface area is 134 Å². The maximum Gasteiger partial charge on any atom is 0.242 e. The number of ether oxygens (including phenoxy) is 1. The van der Waals surface area contributed by atoms with Crippen molar-refractivity contribution >= 4 is 33.1 Å². The number of hydrogen-bond donors (Lipinski definition) is 1. The summed E-state index contributed by atoms with van der Waals surface area (Å²) in [6, 6.07) is 6.02. The maximum absolute atomic E-state index is 12.3. The summed E-state index contributed by atoms with van der Waals surface area (Å²) in [6.07, 6.45) is 0.202. The summed E-state index contributed by atoms with van der Waals surface area (Å²) < 4.78 is 6.80. The van der Waals surface area contributed by atoms with Crippen molar-refractivity contribution < 1.29 is 9.53 Å². The number of anilines is 1. The van der Waals surface area contributed by atoms with Crippen molar-refractivity contribution in [3.8, 4) is 0 Å². The number of benzene rings is 1. The van der Waals surface area contributed by atoms with E-state index in [0.29, 0.717) is 19.6 Å². The van der Waals surface area contributed by atoms with E-state index in [1.165, 1.54) is 0 Å². The smallest absolute Gasteiger partial charge is 0.242 e. The molecule has 3 rings (SSSR count). The van der Waals surface area contributed by atoms with E-state index in [1.807, 2.05) is 37.8 Å². The van der Waals surface area contributed by atoms with Gasteiger partial charge in [0.2, 0.25) is 5.91 Å². The van der Waals surface area contributed by atoms with Crippen molar-refractivity contribution in [2.45, 2.75) is 33.0 Å². The van der Waals surface area contributed by atoms with Gasteiger partial charge < -0.3 is 15.0 Å². The number of morpholine rings is 1. The minimum absolute atomic E-state index is 0.101. The quantitative estimate of drug-likeness (QED) is 0.945. The van der Waals surface area contributed by atoms with E-state index in [1.54, 1.807) is 11.3 Å². The molecule has 2 aromatic rings. The van der Waals surface area contributed by atoms with Crippen LogP contribution in [-0.2, 0) is 9.53 Å². The van der Waals surface area contributed by atoms with Crippen molar-refractivity contribution in [2.75, 3.05) is 25.0 Å². The largest absolute Gasteiger partial charge is 0.376 e. The third-order valence-electron chi connectivity index (χ3n) is 3.71. The van der Waals surface area contributed by atoms with E-state index < -0.39 is 0 Å². The summed E-state index contributed by atoms with van der Waals surface area (Å²) in [4.78, 5) is 18.6. The molecule has 2 heterocycles. The van der Waals surface area contributed by atoms with Gasteiger partial charge in [-0.1, -0.05) is 0 Å². The van der Waals surface area contributed by atoms with E-state index in [-0.39, 0.29) is 18.1 Å². The van der Waals surface area contributed by atoms with Gasteiger partial charge in [-0.2, -0.15) is 0 Å². The Morgan fingerprint density at radius 1 is 1.41 bits per heavy atom. The summed E-state index contributed by atoms with van der Waals surface area (Å²) in [7, 11) is 0. The topological polar surface area (TPSA) is 54.5 Å². The van der Waals surface area contributed by atoms with Crippen LogP contribution < -0.4 is 5.32 Å². The molecule has 1 amide bonds. The average molecular weight is 319 g/mol. The van der Waals surface area contributed by atoms with Crippen LogP contribution in [0.3, 0.4) is 0 Å². The van der Waals surface area contributed by atoms with E-state index >= 15 is 0 Å². The minimum atomic E-state index is 0.101. The van der Waals surface area contributed by atoms with Crippen LogP contribution in [0.4, 0.5) is 5.69 Å². The SMILES string of the molecule is Cc1nc2ccc(NCC(=O)N3CC(C)OC(C)C3)cc2s1. The molecular formula is C16H21N3O2S. The van der Waals surface area contributed by atoms with Gasteiger partial charge in [-0.25, -0.2) is 4.98 Å². The third-order valence-corrected chi connectivity index (χ3v) is 4.65. The Bertz CT molecular complexity index is 675. The Kier molecular flexibility index (Phi) is 4.31. The van der Waals surface area contributed by atoms with Gasteiger partial charge in [-0.15, -0.1) is 11.3 Å². The highest BCUT2D eigenvalue weighted by Gasteiger charge is 2.25.